The van der Waals surface area contributed by atoms with Crippen LogP contribution in [0.25, 0.3) is 10.1 Å². The Bertz CT molecular complexity index is 899. The molecule has 1 heterocycles. The highest BCUT2D eigenvalue weighted by molar-refractivity contribution is 7.14. The van der Waals surface area contributed by atoms with E-state index in [1.807, 2.05) is 12.1 Å². The first-order valence-corrected chi connectivity index (χ1v) is 7.96. The number of fused-ring (bicyclic) bond motifs is 1. The van der Waals surface area contributed by atoms with Crippen molar-refractivity contribution in [3.8, 4) is 0 Å². The van der Waals surface area contributed by atoms with Crippen molar-refractivity contribution in [1.82, 2.24) is 9.27 Å². The van der Waals surface area contributed by atoms with Gasteiger partial charge in [-0.2, -0.15) is 0 Å². The maximum Gasteiger partial charge on any atom is 0.269 e. The third-order valence-electron chi connectivity index (χ3n) is 3.63. The molecule has 1 atom stereocenters. The molecular formula is C17H15FN2O2S. The fourth-order valence-electron chi connectivity index (χ4n) is 2.29. The summed E-state index contributed by atoms with van der Waals surface area (Å²) in [6.07, 6.45) is 0. The lowest BCUT2D eigenvalue weighted by Gasteiger charge is -2.12. The summed E-state index contributed by atoms with van der Waals surface area (Å²) in [4.78, 5) is 24.6. The third-order valence-corrected chi connectivity index (χ3v) is 4.86. The molecule has 6 heteroatoms. The van der Waals surface area contributed by atoms with Gasteiger partial charge in [0, 0.05) is 6.54 Å². The molecule has 3 rings (SSSR count). The van der Waals surface area contributed by atoms with Crippen LogP contribution in [0.4, 0.5) is 4.39 Å². The first-order valence-electron chi connectivity index (χ1n) is 7.19. The van der Waals surface area contributed by atoms with Crippen molar-refractivity contribution in [3.63, 3.8) is 0 Å². The van der Waals surface area contributed by atoms with Gasteiger partial charge in [0.2, 0.25) is 5.91 Å². The third kappa shape index (κ3) is 3.17. The average Bonchev–Trinajstić information content (AvgIpc) is 2.90. The van der Waals surface area contributed by atoms with Crippen LogP contribution in [0.2, 0.25) is 0 Å². The Morgan fingerprint density at radius 3 is 2.61 bits per heavy atom. The van der Waals surface area contributed by atoms with E-state index in [4.69, 9.17) is 0 Å². The summed E-state index contributed by atoms with van der Waals surface area (Å²) in [5, 5.41) is 3.39. The molecule has 0 bridgehead atoms. The summed E-state index contributed by atoms with van der Waals surface area (Å²) in [5.74, 6) is -0.562. The van der Waals surface area contributed by atoms with Crippen LogP contribution in [0.1, 0.15) is 18.5 Å². The number of nitrogens with one attached hydrogen (secondary N) is 1. The van der Waals surface area contributed by atoms with Crippen LogP contribution in [0.15, 0.2) is 53.3 Å². The first-order chi connectivity index (χ1) is 11.1. The number of benzene rings is 2. The molecule has 0 spiro atoms. The number of carbonyl (C=O) groups is 1. The number of halogens is 1. The second-order valence-electron chi connectivity index (χ2n) is 5.24. The molecule has 23 heavy (non-hydrogen) atoms. The maximum absolute atomic E-state index is 12.9. The van der Waals surface area contributed by atoms with Crippen LogP contribution in [-0.2, 0) is 11.3 Å². The Hall–Kier alpha value is -2.47. The summed E-state index contributed by atoms with van der Waals surface area (Å²) in [5.41, 5.74) is 0.644. The van der Waals surface area contributed by atoms with Crippen LogP contribution in [0.5, 0.6) is 0 Å². The lowest BCUT2D eigenvalue weighted by Crippen LogP contribution is -2.33. The van der Waals surface area contributed by atoms with E-state index in [9.17, 15) is 14.0 Å². The Morgan fingerprint density at radius 1 is 1.22 bits per heavy atom. The van der Waals surface area contributed by atoms with E-state index in [0.29, 0.717) is 11.9 Å². The molecule has 2 aromatic carbocycles. The lowest BCUT2D eigenvalue weighted by molar-refractivity contribution is -0.123. The van der Waals surface area contributed by atoms with Crippen molar-refractivity contribution in [3.05, 3.63) is 70.3 Å². The molecule has 0 saturated carbocycles. The molecule has 0 aliphatic rings. The fourth-order valence-corrected chi connectivity index (χ4v) is 3.33. The Kier molecular flexibility index (Phi) is 4.25. The minimum absolute atomic E-state index is 0.157. The molecule has 1 aromatic heterocycles. The molecule has 1 amide bonds. The van der Waals surface area contributed by atoms with Crippen LogP contribution < -0.4 is 10.9 Å². The second-order valence-corrected chi connectivity index (χ2v) is 6.25. The molecule has 0 unspecified atom stereocenters. The highest BCUT2D eigenvalue weighted by Gasteiger charge is 2.19. The van der Waals surface area contributed by atoms with Crippen LogP contribution in [-0.4, -0.2) is 9.86 Å². The molecule has 118 valence electrons. The van der Waals surface area contributed by atoms with Gasteiger partial charge < -0.3 is 5.32 Å². The van der Waals surface area contributed by atoms with E-state index in [-0.39, 0.29) is 17.3 Å². The van der Waals surface area contributed by atoms with Gasteiger partial charge in [0.05, 0.1) is 10.1 Å². The minimum atomic E-state index is -0.597. The lowest BCUT2D eigenvalue weighted by atomic mass is 10.2. The van der Waals surface area contributed by atoms with Gasteiger partial charge in [0.1, 0.15) is 11.9 Å². The number of rotatable bonds is 4. The summed E-state index contributed by atoms with van der Waals surface area (Å²) < 4.78 is 15.2. The predicted molar refractivity (Wildman–Crippen MR) is 89.0 cm³/mol. The molecule has 0 aliphatic heterocycles. The van der Waals surface area contributed by atoms with Gasteiger partial charge in [-0.05, 0) is 36.8 Å². The number of carbonyl (C=O) groups excluding carboxylic acids is 1. The zero-order chi connectivity index (χ0) is 16.4. The van der Waals surface area contributed by atoms with Crippen molar-refractivity contribution in [2.75, 3.05) is 0 Å². The molecule has 0 aliphatic carbocycles. The van der Waals surface area contributed by atoms with Crippen molar-refractivity contribution in [2.24, 2.45) is 0 Å². The normalized spacial score (nSPS) is 12.3. The number of aromatic nitrogens is 1. The highest BCUT2D eigenvalue weighted by Crippen LogP contribution is 2.19. The van der Waals surface area contributed by atoms with E-state index < -0.39 is 6.04 Å². The largest absolute Gasteiger partial charge is 0.350 e. The standard InChI is InChI=1S/C17H15FN2O2S/c1-11(16(21)19-10-12-6-8-13(18)9-7-12)20-17(22)14-4-2-3-5-15(14)23-20/h2-9,11H,10H2,1H3,(H,19,21)/t11-/m0/s1. The van der Waals surface area contributed by atoms with Crippen molar-refractivity contribution < 1.29 is 9.18 Å². The predicted octanol–water partition coefficient (Wildman–Crippen LogP) is 3.08. The summed E-state index contributed by atoms with van der Waals surface area (Å²) in [6.45, 7) is 1.99. The van der Waals surface area contributed by atoms with Gasteiger partial charge in [-0.1, -0.05) is 35.8 Å². The van der Waals surface area contributed by atoms with Gasteiger partial charge in [-0.3, -0.25) is 13.5 Å². The summed E-state index contributed by atoms with van der Waals surface area (Å²) in [7, 11) is 0. The summed E-state index contributed by atoms with van der Waals surface area (Å²) in [6, 6.07) is 12.6. The number of amides is 1. The quantitative estimate of drug-likeness (QED) is 0.799. The van der Waals surface area contributed by atoms with E-state index in [0.717, 1.165) is 10.3 Å². The second kappa shape index (κ2) is 6.34. The Balaban J connectivity index is 1.74. The van der Waals surface area contributed by atoms with Crippen molar-refractivity contribution in [2.45, 2.75) is 19.5 Å². The molecule has 1 N–H and O–H groups in total. The molecule has 3 aromatic rings. The van der Waals surface area contributed by atoms with E-state index in [1.165, 1.54) is 27.6 Å². The van der Waals surface area contributed by atoms with E-state index in [1.54, 1.807) is 31.2 Å². The molecule has 0 saturated heterocycles. The Morgan fingerprint density at radius 2 is 1.91 bits per heavy atom. The van der Waals surface area contributed by atoms with E-state index >= 15 is 0 Å². The number of hydrogen-bond acceptors (Lipinski definition) is 3. The zero-order valence-corrected chi connectivity index (χ0v) is 13.3. The summed E-state index contributed by atoms with van der Waals surface area (Å²) >= 11 is 1.28. The topological polar surface area (TPSA) is 51.1 Å². The van der Waals surface area contributed by atoms with Gasteiger partial charge >= 0.3 is 0 Å². The van der Waals surface area contributed by atoms with Crippen molar-refractivity contribution >= 4 is 27.5 Å². The molecule has 0 fully saturated rings. The van der Waals surface area contributed by atoms with Gasteiger partial charge in [0.15, 0.2) is 0 Å². The number of hydrogen-bond donors (Lipinski definition) is 1. The van der Waals surface area contributed by atoms with Gasteiger partial charge in [-0.25, -0.2) is 4.39 Å². The fraction of sp³-hybridized carbons (Fsp3) is 0.176. The first kappa shape index (κ1) is 15.4. The minimum Gasteiger partial charge on any atom is -0.350 e. The smallest absolute Gasteiger partial charge is 0.269 e. The average molecular weight is 330 g/mol. The number of nitrogens with zero attached hydrogens (tertiary/aromatic N) is 1. The molecular weight excluding hydrogens is 315 g/mol. The Labute approximate surface area is 136 Å². The van der Waals surface area contributed by atoms with Crippen LogP contribution in [0, 0.1) is 5.82 Å². The monoisotopic (exact) mass is 330 g/mol. The molecule has 0 radical (unpaired) electrons. The van der Waals surface area contributed by atoms with Gasteiger partial charge in [0.25, 0.3) is 5.56 Å². The zero-order valence-electron chi connectivity index (χ0n) is 12.5. The van der Waals surface area contributed by atoms with Gasteiger partial charge in [-0.15, -0.1) is 0 Å². The SMILES string of the molecule is C[C@@H](C(=O)NCc1ccc(F)cc1)n1sc2ccccc2c1=O. The van der Waals surface area contributed by atoms with Crippen LogP contribution >= 0.6 is 11.5 Å². The van der Waals surface area contributed by atoms with E-state index in [2.05, 4.69) is 5.32 Å². The van der Waals surface area contributed by atoms with Crippen molar-refractivity contribution in [1.29, 1.82) is 0 Å². The molecule has 4 nitrogen and oxygen atoms in total. The highest BCUT2D eigenvalue weighted by atomic mass is 32.1. The van der Waals surface area contributed by atoms with Crippen LogP contribution in [0.3, 0.4) is 0 Å². The maximum atomic E-state index is 12.9.